The van der Waals surface area contributed by atoms with E-state index in [1.165, 1.54) is 28.6 Å². The molecule has 30 heavy (non-hydrogen) atoms. The van der Waals surface area contributed by atoms with Gasteiger partial charge in [-0.2, -0.15) is 4.31 Å². The molecule has 0 aliphatic carbocycles. The molecular weight excluding hydrogens is 411 g/mol. The van der Waals surface area contributed by atoms with Gasteiger partial charge in [0.1, 0.15) is 5.82 Å². The molecule has 0 saturated carbocycles. The molecule has 4 rings (SSSR count). The van der Waals surface area contributed by atoms with Crippen LogP contribution in [-0.2, 0) is 27.8 Å². The van der Waals surface area contributed by atoms with Crippen LogP contribution in [0.25, 0.3) is 0 Å². The second-order valence-corrected chi connectivity index (χ2v) is 10.0. The van der Waals surface area contributed by atoms with Crippen LogP contribution < -0.4 is 0 Å². The summed E-state index contributed by atoms with van der Waals surface area (Å²) < 4.78 is 47.0. The Morgan fingerprint density at radius 3 is 2.60 bits per heavy atom. The van der Waals surface area contributed by atoms with E-state index >= 15 is 0 Å². The average molecular weight is 437 g/mol. The van der Waals surface area contributed by atoms with Crippen molar-refractivity contribution in [2.75, 3.05) is 25.4 Å². The fraction of sp³-hybridized carbons (Fsp3) is 0.429. The fourth-order valence-corrected chi connectivity index (χ4v) is 5.76. The summed E-state index contributed by atoms with van der Waals surface area (Å²) in [5.41, 5.74) is 2.15. The van der Waals surface area contributed by atoms with Gasteiger partial charge in [-0.3, -0.25) is 4.90 Å². The Morgan fingerprint density at radius 1 is 1.07 bits per heavy atom. The maximum Gasteiger partial charge on any atom is 0.217 e. The molecule has 0 radical (unpaired) electrons. The molecule has 2 N–H and O–H groups in total. The number of rotatable bonds is 4. The van der Waals surface area contributed by atoms with Crippen molar-refractivity contribution in [1.82, 2.24) is 9.21 Å². The van der Waals surface area contributed by atoms with Gasteiger partial charge in [0.15, 0.2) is 11.5 Å². The minimum Gasteiger partial charge on any atom is -0.504 e. The van der Waals surface area contributed by atoms with Gasteiger partial charge in [-0.15, -0.1) is 0 Å². The number of sulfonamides is 1. The minimum atomic E-state index is -3.56. The van der Waals surface area contributed by atoms with Gasteiger partial charge in [-0.25, -0.2) is 12.8 Å². The van der Waals surface area contributed by atoms with Crippen LogP contribution in [0.2, 0.25) is 0 Å². The Hall–Kier alpha value is -2.20. The smallest absolute Gasteiger partial charge is 0.217 e. The number of hydrogen-bond donors (Lipinski definition) is 2. The monoisotopic (exact) mass is 436 g/mol. The van der Waals surface area contributed by atoms with Crippen molar-refractivity contribution in [3.05, 3.63) is 58.9 Å². The third-order valence-corrected chi connectivity index (χ3v) is 7.40. The second kappa shape index (κ2) is 8.14. The number of ether oxygens (including phenoxy) is 1. The molecule has 0 spiro atoms. The van der Waals surface area contributed by atoms with E-state index in [1.807, 2.05) is 0 Å². The number of benzene rings is 2. The van der Waals surface area contributed by atoms with Gasteiger partial charge in [0.05, 0.1) is 24.5 Å². The summed E-state index contributed by atoms with van der Waals surface area (Å²) in [7, 11) is -3.56. The zero-order valence-electron chi connectivity index (χ0n) is 16.7. The van der Waals surface area contributed by atoms with Crippen LogP contribution in [-0.4, -0.2) is 65.4 Å². The van der Waals surface area contributed by atoms with E-state index in [4.69, 9.17) is 4.74 Å². The predicted molar refractivity (Wildman–Crippen MR) is 109 cm³/mol. The van der Waals surface area contributed by atoms with E-state index in [2.05, 4.69) is 4.90 Å². The van der Waals surface area contributed by atoms with E-state index in [1.54, 1.807) is 19.1 Å². The Labute approximate surface area is 175 Å². The third-order valence-electron chi connectivity index (χ3n) is 5.60. The third kappa shape index (κ3) is 4.44. The summed E-state index contributed by atoms with van der Waals surface area (Å²) in [6.07, 6.45) is -0.289. The van der Waals surface area contributed by atoms with E-state index in [0.717, 1.165) is 11.1 Å². The highest BCUT2D eigenvalue weighted by Gasteiger charge is 2.44. The van der Waals surface area contributed by atoms with Crippen molar-refractivity contribution in [3.63, 3.8) is 0 Å². The molecule has 2 atom stereocenters. The van der Waals surface area contributed by atoms with Gasteiger partial charge in [-0.1, -0.05) is 12.1 Å². The van der Waals surface area contributed by atoms with Crippen LogP contribution in [0.3, 0.4) is 0 Å². The summed E-state index contributed by atoms with van der Waals surface area (Å²) in [5.74, 6) is -0.857. The number of phenols is 2. The van der Waals surface area contributed by atoms with Crippen molar-refractivity contribution in [2.24, 2.45) is 0 Å². The van der Waals surface area contributed by atoms with Gasteiger partial charge in [0.25, 0.3) is 0 Å². The van der Waals surface area contributed by atoms with E-state index in [-0.39, 0.29) is 48.4 Å². The first-order valence-electron chi connectivity index (χ1n) is 9.82. The Kier molecular flexibility index (Phi) is 5.71. The van der Waals surface area contributed by atoms with E-state index in [9.17, 15) is 23.0 Å². The Balaban J connectivity index is 1.56. The van der Waals surface area contributed by atoms with Gasteiger partial charge in [0.2, 0.25) is 10.0 Å². The summed E-state index contributed by atoms with van der Waals surface area (Å²) in [5, 5.41) is 19.2. The zero-order valence-corrected chi connectivity index (χ0v) is 17.5. The lowest BCUT2D eigenvalue weighted by Gasteiger charge is -2.28. The molecule has 2 aromatic rings. The van der Waals surface area contributed by atoms with Crippen molar-refractivity contribution < 1.29 is 27.8 Å². The van der Waals surface area contributed by atoms with Crippen molar-refractivity contribution in [1.29, 1.82) is 0 Å². The summed E-state index contributed by atoms with van der Waals surface area (Å²) in [4.78, 5) is 2.06. The first kappa shape index (κ1) is 21.0. The van der Waals surface area contributed by atoms with Gasteiger partial charge in [0, 0.05) is 26.2 Å². The second-order valence-electron chi connectivity index (χ2n) is 7.99. The number of fused-ring (bicyclic) bond motifs is 1. The van der Waals surface area contributed by atoms with Gasteiger partial charge < -0.3 is 14.9 Å². The number of halogens is 1. The molecule has 2 aliphatic rings. The van der Waals surface area contributed by atoms with Crippen molar-refractivity contribution in [2.45, 2.75) is 32.2 Å². The topological polar surface area (TPSA) is 90.3 Å². The minimum absolute atomic E-state index is 0.0965. The lowest BCUT2D eigenvalue weighted by Crippen LogP contribution is -2.45. The normalized spacial score (nSPS) is 24.5. The number of hydrogen-bond acceptors (Lipinski definition) is 6. The molecular formula is C21H25FN2O5S. The molecule has 0 bridgehead atoms. The number of aromatic hydroxyl groups is 2. The summed E-state index contributed by atoms with van der Waals surface area (Å²) in [6, 6.07) is 8.84. The molecule has 162 valence electrons. The molecule has 2 saturated heterocycles. The summed E-state index contributed by atoms with van der Waals surface area (Å²) in [6.45, 7) is 3.48. The van der Waals surface area contributed by atoms with Crippen LogP contribution in [0.15, 0.2) is 36.4 Å². The molecule has 0 aromatic heterocycles. The zero-order chi connectivity index (χ0) is 21.5. The number of aryl methyl sites for hydroxylation is 1. The summed E-state index contributed by atoms with van der Waals surface area (Å²) >= 11 is 0. The average Bonchev–Trinajstić information content (AvgIpc) is 2.99. The van der Waals surface area contributed by atoms with Crippen molar-refractivity contribution >= 4 is 10.0 Å². The number of nitrogens with zero attached hydrogens (tertiary/aromatic N) is 2. The maximum atomic E-state index is 13.8. The number of phenolic OH excluding ortho intramolecular Hbond substituents is 2. The largest absolute Gasteiger partial charge is 0.504 e. The van der Waals surface area contributed by atoms with E-state index in [0.29, 0.717) is 25.2 Å². The fourth-order valence-electron chi connectivity index (χ4n) is 4.25. The highest BCUT2D eigenvalue weighted by molar-refractivity contribution is 7.89. The highest BCUT2D eigenvalue weighted by atomic mass is 32.2. The lowest BCUT2D eigenvalue weighted by molar-refractivity contribution is 0.0458. The van der Waals surface area contributed by atoms with Crippen LogP contribution >= 0.6 is 0 Å². The maximum absolute atomic E-state index is 13.8. The molecule has 0 unspecified atom stereocenters. The highest BCUT2D eigenvalue weighted by Crippen LogP contribution is 2.30. The van der Waals surface area contributed by atoms with Gasteiger partial charge in [-0.05, 0) is 47.9 Å². The van der Waals surface area contributed by atoms with E-state index < -0.39 is 10.0 Å². The van der Waals surface area contributed by atoms with Gasteiger partial charge >= 0.3 is 0 Å². The molecule has 2 heterocycles. The number of likely N-dealkylation sites (tertiary alicyclic amines) is 1. The van der Waals surface area contributed by atoms with Crippen LogP contribution in [0.1, 0.15) is 16.7 Å². The Morgan fingerprint density at radius 2 is 1.87 bits per heavy atom. The molecule has 9 heteroatoms. The van der Waals surface area contributed by atoms with Crippen LogP contribution in [0.4, 0.5) is 4.39 Å². The Bertz CT molecular complexity index is 1030. The molecule has 2 fully saturated rings. The molecule has 0 amide bonds. The predicted octanol–water partition coefficient (Wildman–Crippen LogP) is 1.96. The lowest BCUT2D eigenvalue weighted by atomic mass is 10.1. The van der Waals surface area contributed by atoms with Crippen molar-refractivity contribution in [3.8, 4) is 11.5 Å². The van der Waals surface area contributed by atoms with Crippen LogP contribution in [0.5, 0.6) is 11.5 Å². The molecule has 2 aromatic carbocycles. The first-order chi connectivity index (χ1) is 14.2. The standard InChI is InChI=1S/C21H25FN2O5S/c1-14-6-16(8-17(22)7-14)11-24-18-12-23(10-15-2-3-19(25)20(26)9-15)13-21(18)29-4-5-30(24,27)28/h2-3,6-9,18,21,25-26H,4-5,10-13H2,1H3/t18-,21+/m1/s1. The molecule has 7 nitrogen and oxygen atoms in total. The SMILES string of the molecule is Cc1cc(F)cc(CN2[C@@H]3CN(Cc4ccc(O)c(O)c4)C[C@@H]3OCCS2(=O)=O)c1. The molecule has 2 aliphatic heterocycles. The first-order valence-corrected chi connectivity index (χ1v) is 11.4. The quantitative estimate of drug-likeness (QED) is 0.713. The van der Waals surface area contributed by atoms with Crippen LogP contribution in [0, 0.1) is 12.7 Å².